The number of hydrogen-bond acceptors (Lipinski definition) is 4. The van der Waals surface area contributed by atoms with Gasteiger partial charge in [0.25, 0.3) is 15.9 Å². The summed E-state index contributed by atoms with van der Waals surface area (Å²) in [6, 6.07) is 12.7. The number of benzene rings is 2. The summed E-state index contributed by atoms with van der Waals surface area (Å²) in [5.74, 6) is 0.227. The molecule has 0 bridgehead atoms. The first-order valence-corrected chi connectivity index (χ1v) is 10.5. The van der Waals surface area contributed by atoms with Gasteiger partial charge in [0, 0.05) is 16.7 Å². The molecular formula is C18H21BrN2O4S. The summed E-state index contributed by atoms with van der Waals surface area (Å²) in [5, 5.41) is 2.75. The van der Waals surface area contributed by atoms with E-state index in [1.165, 1.54) is 24.3 Å². The van der Waals surface area contributed by atoms with E-state index in [1.807, 2.05) is 6.92 Å². The highest BCUT2D eigenvalue weighted by atomic mass is 79.9. The molecule has 0 fully saturated rings. The third-order valence-electron chi connectivity index (χ3n) is 3.45. The SMILES string of the molecule is CCCCNC(=O)COc1ccc(S(=O)(=O)Nc2ccc(Br)cc2)cc1. The number of ether oxygens (including phenoxy) is 1. The molecule has 0 aromatic heterocycles. The van der Waals surface area contributed by atoms with E-state index in [1.54, 1.807) is 24.3 Å². The molecule has 1 amide bonds. The summed E-state index contributed by atoms with van der Waals surface area (Å²) in [6.07, 6.45) is 1.93. The van der Waals surface area contributed by atoms with Gasteiger partial charge < -0.3 is 10.1 Å². The first-order chi connectivity index (χ1) is 12.4. The second kappa shape index (κ2) is 9.59. The van der Waals surface area contributed by atoms with Gasteiger partial charge in [0.05, 0.1) is 4.90 Å². The molecule has 0 aliphatic heterocycles. The maximum atomic E-state index is 12.4. The third-order valence-corrected chi connectivity index (χ3v) is 5.38. The average Bonchev–Trinajstić information content (AvgIpc) is 2.62. The zero-order chi connectivity index (χ0) is 19.0. The largest absolute Gasteiger partial charge is 0.484 e. The van der Waals surface area contributed by atoms with Crippen molar-refractivity contribution in [3.05, 3.63) is 53.0 Å². The molecule has 26 heavy (non-hydrogen) atoms. The van der Waals surface area contributed by atoms with Crippen molar-refractivity contribution in [2.24, 2.45) is 0 Å². The summed E-state index contributed by atoms with van der Waals surface area (Å²) in [7, 11) is -3.69. The Hall–Kier alpha value is -2.06. The van der Waals surface area contributed by atoms with Crippen molar-refractivity contribution in [3.8, 4) is 5.75 Å². The number of unbranched alkanes of at least 4 members (excludes halogenated alkanes) is 1. The topological polar surface area (TPSA) is 84.5 Å². The zero-order valence-electron chi connectivity index (χ0n) is 14.4. The molecule has 2 rings (SSSR count). The van der Waals surface area contributed by atoms with Gasteiger partial charge in [-0.05, 0) is 55.0 Å². The van der Waals surface area contributed by atoms with Gasteiger partial charge >= 0.3 is 0 Å². The molecule has 8 heteroatoms. The lowest BCUT2D eigenvalue weighted by atomic mass is 10.3. The second-order valence-corrected chi connectivity index (χ2v) is 8.17. The van der Waals surface area contributed by atoms with Crippen LogP contribution in [-0.2, 0) is 14.8 Å². The van der Waals surface area contributed by atoms with Crippen molar-refractivity contribution in [1.29, 1.82) is 0 Å². The van der Waals surface area contributed by atoms with E-state index in [0.717, 1.165) is 17.3 Å². The first-order valence-electron chi connectivity index (χ1n) is 8.18. The monoisotopic (exact) mass is 440 g/mol. The predicted octanol–water partition coefficient (Wildman–Crippen LogP) is 3.55. The highest BCUT2D eigenvalue weighted by Crippen LogP contribution is 2.20. The number of hydrogen-bond donors (Lipinski definition) is 2. The second-order valence-electron chi connectivity index (χ2n) is 5.58. The van der Waals surface area contributed by atoms with Gasteiger partial charge in [-0.3, -0.25) is 9.52 Å². The van der Waals surface area contributed by atoms with Gasteiger partial charge in [-0.1, -0.05) is 29.3 Å². The van der Waals surface area contributed by atoms with Crippen molar-refractivity contribution in [3.63, 3.8) is 0 Å². The smallest absolute Gasteiger partial charge is 0.261 e. The molecule has 0 unspecified atom stereocenters. The van der Waals surface area contributed by atoms with Crippen LogP contribution in [0.25, 0.3) is 0 Å². The minimum Gasteiger partial charge on any atom is -0.484 e. The maximum absolute atomic E-state index is 12.4. The van der Waals surface area contributed by atoms with Gasteiger partial charge in [-0.2, -0.15) is 0 Å². The van der Waals surface area contributed by atoms with Crippen molar-refractivity contribution in [2.45, 2.75) is 24.7 Å². The zero-order valence-corrected chi connectivity index (χ0v) is 16.8. The van der Waals surface area contributed by atoms with Crippen LogP contribution in [0, 0.1) is 0 Å². The molecule has 0 saturated heterocycles. The normalized spacial score (nSPS) is 11.0. The van der Waals surface area contributed by atoms with Crippen LogP contribution in [0.1, 0.15) is 19.8 Å². The predicted molar refractivity (Wildman–Crippen MR) is 105 cm³/mol. The minimum atomic E-state index is -3.69. The van der Waals surface area contributed by atoms with Gasteiger partial charge in [-0.25, -0.2) is 8.42 Å². The summed E-state index contributed by atoms with van der Waals surface area (Å²) >= 11 is 3.30. The molecule has 0 atom stereocenters. The fourth-order valence-corrected chi connectivity index (χ4v) is 3.37. The van der Waals surface area contributed by atoms with Crippen LogP contribution in [0.2, 0.25) is 0 Å². The molecule has 0 aliphatic rings. The number of anilines is 1. The standard InChI is InChI=1S/C18H21BrN2O4S/c1-2-3-12-20-18(22)13-25-16-8-10-17(11-9-16)26(23,24)21-15-6-4-14(19)5-7-15/h4-11,21H,2-3,12-13H2,1H3,(H,20,22). The van der Waals surface area contributed by atoms with E-state index in [0.29, 0.717) is 18.0 Å². The molecule has 140 valence electrons. The molecule has 2 aromatic carbocycles. The lowest BCUT2D eigenvalue weighted by molar-refractivity contribution is -0.123. The van der Waals surface area contributed by atoms with Gasteiger partial charge in [0.15, 0.2) is 6.61 Å². The Balaban J connectivity index is 1.93. The molecule has 6 nitrogen and oxygen atoms in total. The molecule has 2 N–H and O–H groups in total. The quantitative estimate of drug-likeness (QED) is 0.583. The maximum Gasteiger partial charge on any atom is 0.261 e. The highest BCUT2D eigenvalue weighted by molar-refractivity contribution is 9.10. The Morgan fingerprint density at radius 3 is 2.35 bits per heavy atom. The van der Waals surface area contributed by atoms with Crippen LogP contribution in [0.5, 0.6) is 5.75 Å². The Morgan fingerprint density at radius 1 is 1.08 bits per heavy atom. The number of halogens is 1. The van der Waals surface area contributed by atoms with Crippen molar-refractivity contribution in [1.82, 2.24) is 5.32 Å². The molecule has 0 spiro atoms. The molecule has 2 aromatic rings. The number of amides is 1. The van der Waals surface area contributed by atoms with Crippen molar-refractivity contribution < 1.29 is 17.9 Å². The van der Waals surface area contributed by atoms with Crippen LogP contribution < -0.4 is 14.8 Å². The molecule has 0 heterocycles. The fourth-order valence-electron chi connectivity index (χ4n) is 2.05. The van der Waals surface area contributed by atoms with Crippen molar-refractivity contribution in [2.75, 3.05) is 17.9 Å². The first kappa shape index (κ1) is 20.3. The summed E-state index contributed by atoms with van der Waals surface area (Å²) in [5.41, 5.74) is 0.470. The summed E-state index contributed by atoms with van der Waals surface area (Å²) in [6.45, 7) is 2.56. The third kappa shape index (κ3) is 6.34. The van der Waals surface area contributed by atoms with Crippen LogP contribution in [0.4, 0.5) is 5.69 Å². The Bertz CT molecular complexity index is 821. The van der Waals surface area contributed by atoms with Crippen LogP contribution in [0.3, 0.4) is 0 Å². The number of nitrogens with one attached hydrogen (secondary N) is 2. The van der Waals surface area contributed by atoms with Gasteiger partial charge in [-0.15, -0.1) is 0 Å². The average molecular weight is 441 g/mol. The van der Waals surface area contributed by atoms with E-state index in [4.69, 9.17) is 4.74 Å². The van der Waals surface area contributed by atoms with E-state index in [2.05, 4.69) is 26.0 Å². The summed E-state index contributed by atoms with van der Waals surface area (Å²) in [4.78, 5) is 11.7. The Labute approximate surface area is 162 Å². The number of carbonyl (C=O) groups is 1. The Morgan fingerprint density at radius 2 is 1.73 bits per heavy atom. The number of carbonyl (C=O) groups excluding carboxylic acids is 1. The molecule has 0 radical (unpaired) electrons. The highest BCUT2D eigenvalue weighted by Gasteiger charge is 2.14. The van der Waals surface area contributed by atoms with Crippen molar-refractivity contribution >= 4 is 37.5 Å². The van der Waals surface area contributed by atoms with E-state index in [-0.39, 0.29) is 17.4 Å². The number of rotatable bonds is 9. The van der Waals surface area contributed by atoms with Crippen LogP contribution in [-0.4, -0.2) is 27.5 Å². The van der Waals surface area contributed by atoms with Crippen LogP contribution in [0.15, 0.2) is 57.9 Å². The van der Waals surface area contributed by atoms with E-state index in [9.17, 15) is 13.2 Å². The summed E-state index contributed by atoms with van der Waals surface area (Å²) < 4.78 is 33.5. The van der Waals surface area contributed by atoms with E-state index < -0.39 is 10.0 Å². The van der Waals surface area contributed by atoms with Gasteiger partial charge in [0.2, 0.25) is 0 Å². The van der Waals surface area contributed by atoms with Crippen LogP contribution >= 0.6 is 15.9 Å². The minimum absolute atomic E-state index is 0.104. The van der Waals surface area contributed by atoms with Gasteiger partial charge in [0.1, 0.15) is 5.75 Å². The lowest BCUT2D eigenvalue weighted by Crippen LogP contribution is -2.29. The molecule has 0 saturated carbocycles. The molecule has 0 aliphatic carbocycles. The molecular weight excluding hydrogens is 420 g/mol. The fraction of sp³-hybridized carbons (Fsp3) is 0.278. The number of sulfonamides is 1. The lowest BCUT2D eigenvalue weighted by Gasteiger charge is -2.10. The van der Waals surface area contributed by atoms with E-state index >= 15 is 0 Å². The Kier molecular flexibility index (Phi) is 7.47.